The van der Waals surface area contributed by atoms with Crippen LogP contribution in [0, 0.1) is 27.7 Å². The molecule has 0 atom stereocenters. The number of hydrogen-bond acceptors (Lipinski definition) is 5. The second kappa shape index (κ2) is 11.0. The van der Waals surface area contributed by atoms with E-state index in [9.17, 15) is 20.4 Å². The molecule has 4 rings (SSSR count). The molecule has 0 aromatic heterocycles. The number of phenolic OH excluding ortho intramolecular Hbond substituents is 4. The fourth-order valence-corrected chi connectivity index (χ4v) is 4.66. The van der Waals surface area contributed by atoms with Gasteiger partial charge in [-0.2, -0.15) is 0 Å². The second-order valence-electron chi connectivity index (χ2n) is 9.83. The molecule has 0 aliphatic rings. The van der Waals surface area contributed by atoms with Crippen LogP contribution in [-0.4, -0.2) is 33.6 Å². The number of ether oxygens (including phenoxy) is 1. The van der Waals surface area contributed by atoms with Gasteiger partial charge in [-0.05, 0) is 96.5 Å². The number of aryl methyl sites for hydroxylation is 4. The molecule has 0 fully saturated rings. The predicted molar refractivity (Wildman–Crippen MR) is 146 cm³/mol. The molecule has 192 valence electrons. The summed E-state index contributed by atoms with van der Waals surface area (Å²) in [6.45, 7) is 8.26. The van der Waals surface area contributed by atoms with Crippen molar-refractivity contribution >= 4 is 0 Å². The first-order valence-corrected chi connectivity index (χ1v) is 12.4. The number of hydrogen-bond donors (Lipinski definition) is 4. The molecule has 0 bridgehead atoms. The van der Waals surface area contributed by atoms with Gasteiger partial charge in [0.25, 0.3) is 0 Å². The third-order valence-corrected chi connectivity index (χ3v) is 7.06. The quantitative estimate of drug-likeness (QED) is 0.216. The minimum Gasteiger partial charge on any atom is -0.508 e. The van der Waals surface area contributed by atoms with Crippen molar-refractivity contribution in [1.29, 1.82) is 0 Å². The Hall–Kier alpha value is -3.96. The van der Waals surface area contributed by atoms with E-state index in [2.05, 4.69) is 0 Å². The van der Waals surface area contributed by atoms with Crippen LogP contribution in [0.5, 0.6) is 23.0 Å². The topological polar surface area (TPSA) is 90.2 Å². The van der Waals surface area contributed by atoms with Gasteiger partial charge in [0, 0.05) is 11.8 Å². The smallest absolute Gasteiger partial charge is 0.118 e. The Morgan fingerprint density at radius 2 is 0.703 bits per heavy atom. The molecule has 0 aliphatic carbocycles. The third-order valence-electron chi connectivity index (χ3n) is 7.06. The van der Waals surface area contributed by atoms with Crippen LogP contribution in [0.15, 0.2) is 72.8 Å². The van der Waals surface area contributed by atoms with E-state index in [4.69, 9.17) is 4.74 Å². The summed E-state index contributed by atoms with van der Waals surface area (Å²) in [5.41, 5.74) is 7.20. The molecule has 0 saturated carbocycles. The van der Waals surface area contributed by atoms with Crippen molar-refractivity contribution in [3.8, 4) is 23.0 Å². The van der Waals surface area contributed by atoms with Gasteiger partial charge in [-0.3, -0.25) is 0 Å². The molecule has 37 heavy (non-hydrogen) atoms. The van der Waals surface area contributed by atoms with Crippen molar-refractivity contribution in [1.82, 2.24) is 0 Å². The molecule has 5 heteroatoms. The standard InChI is InChI=1S/C32H34O5/c1-19-13-23(5-9-29(19)33)27(24-6-10-30(34)20(2)14-24)17-37-18-28(25-7-11-31(35)21(3)15-25)26-8-12-32(36)22(4)16-26/h5-16,27-28,33-36H,17-18H2,1-4H3. The van der Waals surface area contributed by atoms with Gasteiger partial charge >= 0.3 is 0 Å². The molecule has 0 spiro atoms. The number of aromatic hydroxyl groups is 4. The zero-order valence-electron chi connectivity index (χ0n) is 21.7. The van der Waals surface area contributed by atoms with Gasteiger partial charge in [-0.1, -0.05) is 48.5 Å². The largest absolute Gasteiger partial charge is 0.508 e. The Morgan fingerprint density at radius 1 is 0.459 bits per heavy atom. The van der Waals surface area contributed by atoms with Crippen molar-refractivity contribution in [3.63, 3.8) is 0 Å². The summed E-state index contributed by atoms with van der Waals surface area (Å²) in [5.74, 6) is 0.766. The highest BCUT2D eigenvalue weighted by molar-refractivity contribution is 5.45. The van der Waals surface area contributed by atoms with E-state index in [0.717, 1.165) is 44.5 Å². The molecule has 0 radical (unpaired) electrons. The van der Waals surface area contributed by atoms with E-state index < -0.39 is 0 Å². The van der Waals surface area contributed by atoms with Gasteiger partial charge in [0.15, 0.2) is 0 Å². The minimum atomic E-state index is -0.109. The van der Waals surface area contributed by atoms with Crippen molar-refractivity contribution in [2.45, 2.75) is 39.5 Å². The zero-order chi connectivity index (χ0) is 26.7. The van der Waals surface area contributed by atoms with Crippen LogP contribution in [0.4, 0.5) is 0 Å². The number of phenols is 4. The van der Waals surface area contributed by atoms with Crippen LogP contribution in [-0.2, 0) is 4.74 Å². The highest BCUT2D eigenvalue weighted by Gasteiger charge is 2.21. The van der Waals surface area contributed by atoms with Gasteiger partial charge in [0.05, 0.1) is 13.2 Å². The van der Waals surface area contributed by atoms with Crippen molar-refractivity contribution < 1.29 is 25.2 Å². The number of benzene rings is 4. The lowest BCUT2D eigenvalue weighted by atomic mass is 9.89. The first-order chi connectivity index (χ1) is 17.6. The van der Waals surface area contributed by atoms with Gasteiger partial charge in [-0.25, -0.2) is 0 Å². The summed E-state index contributed by atoms with van der Waals surface area (Å²) in [4.78, 5) is 0. The van der Waals surface area contributed by atoms with E-state index in [0.29, 0.717) is 13.2 Å². The SMILES string of the molecule is Cc1cc(C(COCC(c2ccc(O)c(C)c2)c2ccc(O)c(C)c2)c2ccc(O)c(C)c2)ccc1O. The molecule has 0 saturated heterocycles. The van der Waals surface area contributed by atoms with Gasteiger partial charge in [0.2, 0.25) is 0 Å². The van der Waals surface area contributed by atoms with E-state index >= 15 is 0 Å². The average molecular weight is 499 g/mol. The maximum atomic E-state index is 10.1. The van der Waals surface area contributed by atoms with Crippen molar-refractivity contribution in [3.05, 3.63) is 117 Å². The fourth-order valence-electron chi connectivity index (χ4n) is 4.66. The lowest BCUT2D eigenvalue weighted by Crippen LogP contribution is -2.16. The Balaban J connectivity index is 1.65. The van der Waals surface area contributed by atoms with Crippen LogP contribution in [0.25, 0.3) is 0 Å². The molecule has 4 N–H and O–H groups in total. The maximum Gasteiger partial charge on any atom is 0.118 e. The minimum absolute atomic E-state index is 0.109. The van der Waals surface area contributed by atoms with Gasteiger partial charge < -0.3 is 25.2 Å². The molecule has 0 aliphatic heterocycles. The normalized spacial score (nSPS) is 11.4. The second-order valence-corrected chi connectivity index (χ2v) is 9.83. The third kappa shape index (κ3) is 5.89. The Morgan fingerprint density at radius 3 is 0.919 bits per heavy atom. The summed E-state index contributed by atoms with van der Waals surface area (Å²) in [7, 11) is 0. The first-order valence-electron chi connectivity index (χ1n) is 12.4. The highest BCUT2D eigenvalue weighted by atomic mass is 16.5. The van der Waals surface area contributed by atoms with E-state index in [-0.39, 0.29) is 34.8 Å². The molecular formula is C32H34O5. The number of rotatable bonds is 8. The summed E-state index contributed by atoms with van der Waals surface area (Å²) >= 11 is 0. The molecule has 4 aromatic carbocycles. The van der Waals surface area contributed by atoms with E-state index in [1.165, 1.54) is 0 Å². The van der Waals surface area contributed by atoms with Gasteiger partial charge in [0.1, 0.15) is 23.0 Å². The molecule has 5 nitrogen and oxygen atoms in total. The Labute approximate surface area is 218 Å². The van der Waals surface area contributed by atoms with Crippen LogP contribution in [0.3, 0.4) is 0 Å². The Kier molecular flexibility index (Phi) is 7.74. The summed E-state index contributed by atoms with van der Waals surface area (Å²) in [5, 5.41) is 40.2. The van der Waals surface area contributed by atoms with E-state index in [1.807, 2.05) is 76.2 Å². The zero-order valence-corrected chi connectivity index (χ0v) is 21.7. The first kappa shape index (κ1) is 26.1. The van der Waals surface area contributed by atoms with Crippen LogP contribution < -0.4 is 0 Å². The van der Waals surface area contributed by atoms with Crippen LogP contribution >= 0.6 is 0 Å². The monoisotopic (exact) mass is 498 g/mol. The molecule has 0 unspecified atom stereocenters. The van der Waals surface area contributed by atoms with Crippen LogP contribution in [0.2, 0.25) is 0 Å². The highest BCUT2D eigenvalue weighted by Crippen LogP contribution is 2.34. The predicted octanol–water partition coefficient (Wildman–Crippen LogP) is 6.72. The lowest BCUT2D eigenvalue weighted by Gasteiger charge is -2.23. The van der Waals surface area contributed by atoms with Crippen molar-refractivity contribution in [2.24, 2.45) is 0 Å². The molecule has 0 amide bonds. The van der Waals surface area contributed by atoms with E-state index in [1.54, 1.807) is 24.3 Å². The summed E-state index contributed by atoms with van der Waals surface area (Å²) in [6.07, 6.45) is 0. The molecular weight excluding hydrogens is 464 g/mol. The summed E-state index contributed by atoms with van der Waals surface area (Å²) < 4.78 is 6.41. The van der Waals surface area contributed by atoms with Crippen molar-refractivity contribution in [2.75, 3.05) is 13.2 Å². The van der Waals surface area contributed by atoms with Crippen LogP contribution in [0.1, 0.15) is 56.3 Å². The summed E-state index contributed by atoms with van der Waals surface area (Å²) in [6, 6.07) is 22.3. The maximum absolute atomic E-state index is 10.1. The fraction of sp³-hybridized carbons (Fsp3) is 0.250. The molecule has 4 aromatic rings. The molecule has 0 heterocycles. The Bertz CT molecular complexity index is 1200. The lowest BCUT2D eigenvalue weighted by molar-refractivity contribution is 0.120. The average Bonchev–Trinajstić information content (AvgIpc) is 2.87. The van der Waals surface area contributed by atoms with Gasteiger partial charge in [-0.15, -0.1) is 0 Å².